The number of hydrogen-bond acceptors (Lipinski definition) is 3. The largest absolute Gasteiger partial charge is 0.492 e. The number of pyridine rings is 1. The third-order valence-electron chi connectivity index (χ3n) is 12.6. The van der Waals surface area contributed by atoms with Gasteiger partial charge in [0.2, 0.25) is 0 Å². The molecule has 5 aliphatic carbocycles. The third-order valence-corrected chi connectivity index (χ3v) is 12.6. The van der Waals surface area contributed by atoms with Crippen molar-refractivity contribution in [2.75, 3.05) is 13.7 Å². The van der Waals surface area contributed by atoms with Crippen molar-refractivity contribution in [2.45, 2.75) is 98.0 Å². The molecule has 0 N–H and O–H groups in total. The van der Waals surface area contributed by atoms with Gasteiger partial charge >= 0.3 is 0 Å². The van der Waals surface area contributed by atoms with Crippen LogP contribution in [0, 0.1) is 51.8 Å². The first kappa shape index (κ1) is 23.3. The quantitative estimate of drug-likeness (QED) is 0.422. The maximum atomic E-state index is 6.32. The zero-order valence-electron chi connectivity index (χ0n) is 22.3. The van der Waals surface area contributed by atoms with E-state index in [9.17, 15) is 0 Å². The molecule has 1 unspecified atom stereocenters. The highest BCUT2D eigenvalue weighted by Gasteiger charge is 2.77. The fourth-order valence-electron chi connectivity index (χ4n) is 11.0. The summed E-state index contributed by atoms with van der Waals surface area (Å²) in [5.41, 5.74) is 2.74. The molecule has 10 atom stereocenters. The Balaban J connectivity index is 1.19. The number of hydrogen-bond donors (Lipinski definition) is 0. The van der Waals surface area contributed by atoms with Gasteiger partial charge in [0.05, 0.1) is 18.4 Å². The SMILES string of the molecule is CCOc1cccnc1CC[C@@H](C)[C@H]1CC[C@H]2[C@@H]3CC(OC)[C@@]45C[C@H]4CC[C@]5(C)[C@H]3CC[C@]12C. The highest BCUT2D eigenvalue weighted by molar-refractivity contribution is 5.27. The Morgan fingerprint density at radius 1 is 1.12 bits per heavy atom. The minimum absolute atomic E-state index is 0.508. The molecule has 1 heterocycles. The van der Waals surface area contributed by atoms with E-state index < -0.39 is 0 Å². The first-order valence-corrected chi connectivity index (χ1v) is 14.5. The van der Waals surface area contributed by atoms with Gasteiger partial charge in [0.15, 0.2) is 0 Å². The minimum atomic E-state index is 0.508. The molecule has 5 aliphatic rings. The zero-order valence-corrected chi connectivity index (χ0v) is 22.3. The van der Waals surface area contributed by atoms with Crippen LogP contribution in [0.25, 0.3) is 0 Å². The smallest absolute Gasteiger partial charge is 0.140 e. The Morgan fingerprint density at radius 3 is 2.74 bits per heavy atom. The van der Waals surface area contributed by atoms with E-state index in [0.717, 1.165) is 53.4 Å². The first-order chi connectivity index (χ1) is 16.4. The molecule has 0 radical (unpaired) electrons. The Hall–Kier alpha value is -1.09. The molecule has 1 aromatic rings. The van der Waals surface area contributed by atoms with Gasteiger partial charge in [0, 0.05) is 18.7 Å². The molecule has 1 spiro atoms. The fraction of sp³-hybridized carbons (Fsp3) is 0.839. The van der Waals surface area contributed by atoms with Crippen LogP contribution in [0.4, 0.5) is 0 Å². The second-order valence-corrected chi connectivity index (χ2v) is 13.4. The molecule has 1 aromatic heterocycles. The number of aryl methyl sites for hydroxylation is 1. The van der Waals surface area contributed by atoms with Crippen LogP contribution in [0.2, 0.25) is 0 Å². The third kappa shape index (κ3) is 3.07. The van der Waals surface area contributed by atoms with Gasteiger partial charge in [-0.2, -0.15) is 0 Å². The van der Waals surface area contributed by atoms with Crippen molar-refractivity contribution in [1.82, 2.24) is 4.98 Å². The Labute approximate surface area is 207 Å². The van der Waals surface area contributed by atoms with E-state index in [1.165, 1.54) is 57.8 Å². The molecule has 3 heteroatoms. The highest BCUT2D eigenvalue weighted by Crippen LogP contribution is 2.82. The maximum absolute atomic E-state index is 6.32. The van der Waals surface area contributed by atoms with E-state index >= 15 is 0 Å². The average molecular weight is 466 g/mol. The predicted octanol–water partition coefficient (Wildman–Crippen LogP) is 7.33. The van der Waals surface area contributed by atoms with Crippen LogP contribution in [0.15, 0.2) is 18.3 Å². The van der Waals surface area contributed by atoms with E-state index in [2.05, 4.69) is 38.7 Å². The van der Waals surface area contributed by atoms with Crippen molar-refractivity contribution in [3.63, 3.8) is 0 Å². The average Bonchev–Trinajstić information content (AvgIpc) is 3.34. The second kappa shape index (κ2) is 8.22. The van der Waals surface area contributed by atoms with Crippen LogP contribution in [0.1, 0.15) is 91.2 Å². The number of ether oxygens (including phenoxy) is 2. The van der Waals surface area contributed by atoms with Gasteiger partial charge in [0.1, 0.15) is 5.75 Å². The topological polar surface area (TPSA) is 31.4 Å². The molecule has 0 aromatic carbocycles. The standard InChI is InChI=1S/C31H47NO2/c1-6-34-27-8-7-17-32-26(27)12-9-20(2)23-10-11-24-22-18-28(33-5)31-19-21(31)13-16-30(31,4)25(22)14-15-29(23,24)3/h7-8,17,20-25,28H,6,9-16,18-19H2,1-5H3/t20-,21-,22+,23-,24+,25+,28?,29-,30-,31-/m1/s1. The van der Waals surface area contributed by atoms with Crippen molar-refractivity contribution in [1.29, 1.82) is 0 Å². The van der Waals surface area contributed by atoms with Crippen LogP contribution >= 0.6 is 0 Å². The Morgan fingerprint density at radius 2 is 1.97 bits per heavy atom. The predicted molar refractivity (Wildman–Crippen MR) is 137 cm³/mol. The van der Waals surface area contributed by atoms with Crippen molar-refractivity contribution < 1.29 is 9.47 Å². The lowest BCUT2D eigenvalue weighted by atomic mass is 9.45. The fourth-order valence-corrected chi connectivity index (χ4v) is 11.0. The van der Waals surface area contributed by atoms with Crippen molar-refractivity contribution in [3.05, 3.63) is 24.0 Å². The molecule has 5 fully saturated rings. The number of fused-ring (bicyclic) bond motifs is 4. The van der Waals surface area contributed by atoms with Gasteiger partial charge in [-0.3, -0.25) is 4.98 Å². The summed E-state index contributed by atoms with van der Waals surface area (Å²) in [4.78, 5) is 4.68. The molecule has 0 saturated heterocycles. The van der Waals surface area contributed by atoms with Gasteiger partial charge < -0.3 is 9.47 Å². The van der Waals surface area contributed by atoms with Crippen LogP contribution < -0.4 is 4.74 Å². The number of nitrogens with zero attached hydrogens (tertiary/aromatic N) is 1. The molecular weight excluding hydrogens is 418 g/mol. The van der Waals surface area contributed by atoms with Crippen LogP contribution in [0.5, 0.6) is 5.75 Å². The van der Waals surface area contributed by atoms with Crippen molar-refractivity contribution >= 4 is 0 Å². The lowest BCUT2D eigenvalue weighted by Crippen LogP contribution is -2.57. The van der Waals surface area contributed by atoms with E-state index in [4.69, 9.17) is 9.47 Å². The van der Waals surface area contributed by atoms with Crippen LogP contribution in [-0.2, 0) is 11.2 Å². The monoisotopic (exact) mass is 465 g/mol. The Bertz CT molecular complexity index is 916. The van der Waals surface area contributed by atoms with Crippen molar-refractivity contribution in [3.8, 4) is 5.75 Å². The summed E-state index contributed by atoms with van der Waals surface area (Å²) in [5, 5.41) is 0. The molecule has 0 bridgehead atoms. The highest BCUT2D eigenvalue weighted by atomic mass is 16.5. The molecule has 0 aliphatic heterocycles. The zero-order chi connectivity index (χ0) is 23.7. The van der Waals surface area contributed by atoms with Gasteiger partial charge in [-0.1, -0.05) is 20.8 Å². The summed E-state index contributed by atoms with van der Waals surface area (Å²) in [5.74, 6) is 6.28. The molecule has 5 saturated carbocycles. The maximum Gasteiger partial charge on any atom is 0.140 e. The lowest BCUT2D eigenvalue weighted by Gasteiger charge is -2.61. The molecule has 34 heavy (non-hydrogen) atoms. The minimum Gasteiger partial charge on any atom is -0.492 e. The van der Waals surface area contributed by atoms with E-state index in [0.29, 0.717) is 29.0 Å². The van der Waals surface area contributed by atoms with Crippen molar-refractivity contribution in [2.24, 2.45) is 51.8 Å². The van der Waals surface area contributed by atoms with E-state index in [1.54, 1.807) is 0 Å². The molecular formula is C31H47NO2. The summed E-state index contributed by atoms with van der Waals surface area (Å²) in [6, 6.07) is 4.08. The summed E-state index contributed by atoms with van der Waals surface area (Å²) in [7, 11) is 2.02. The molecule has 0 amide bonds. The summed E-state index contributed by atoms with van der Waals surface area (Å²) < 4.78 is 12.2. The molecule has 3 nitrogen and oxygen atoms in total. The summed E-state index contributed by atoms with van der Waals surface area (Å²) in [6.07, 6.45) is 16.2. The number of methoxy groups -OCH3 is 1. The molecule has 188 valence electrons. The van der Waals surface area contributed by atoms with Gasteiger partial charge in [-0.15, -0.1) is 0 Å². The first-order valence-electron chi connectivity index (χ1n) is 14.5. The van der Waals surface area contributed by atoms with E-state index in [1.807, 2.05) is 19.4 Å². The van der Waals surface area contributed by atoms with Gasteiger partial charge in [-0.25, -0.2) is 0 Å². The summed E-state index contributed by atoms with van der Waals surface area (Å²) in [6.45, 7) is 10.7. The van der Waals surface area contributed by atoms with Crippen LogP contribution in [-0.4, -0.2) is 24.8 Å². The lowest BCUT2D eigenvalue weighted by molar-refractivity contribution is -0.161. The van der Waals surface area contributed by atoms with E-state index in [-0.39, 0.29) is 0 Å². The van der Waals surface area contributed by atoms with Gasteiger partial charge in [-0.05, 0) is 130 Å². The normalized spacial score (nSPS) is 47.3. The van der Waals surface area contributed by atoms with Crippen LogP contribution in [0.3, 0.4) is 0 Å². The summed E-state index contributed by atoms with van der Waals surface area (Å²) >= 11 is 0. The molecule has 6 rings (SSSR count). The number of rotatable bonds is 7. The second-order valence-electron chi connectivity index (χ2n) is 13.4. The van der Waals surface area contributed by atoms with Gasteiger partial charge in [0.25, 0.3) is 0 Å². The number of aromatic nitrogens is 1. The Kier molecular flexibility index (Phi) is 5.64.